The van der Waals surface area contributed by atoms with E-state index in [2.05, 4.69) is 10.3 Å². The van der Waals surface area contributed by atoms with Gasteiger partial charge in [0.1, 0.15) is 5.82 Å². The number of amides is 1. The van der Waals surface area contributed by atoms with Gasteiger partial charge < -0.3 is 14.8 Å². The predicted octanol–water partition coefficient (Wildman–Crippen LogP) is 3.05. The van der Waals surface area contributed by atoms with Crippen molar-refractivity contribution in [2.75, 3.05) is 14.2 Å². The first-order valence-electron chi connectivity index (χ1n) is 7.64. The highest BCUT2D eigenvalue weighted by atomic mass is 19.1. The van der Waals surface area contributed by atoms with Crippen molar-refractivity contribution in [2.45, 2.75) is 25.8 Å². The SMILES string of the molecule is COc1cc(F)c([C@H](C)NC(=O)CCc2ccncc2)cc1OC. The number of carbonyl (C=O) groups excluding carboxylic acids is 1. The molecule has 5 nitrogen and oxygen atoms in total. The molecule has 6 heteroatoms. The number of rotatable bonds is 7. The van der Waals surface area contributed by atoms with Gasteiger partial charge in [-0.25, -0.2) is 4.39 Å². The van der Waals surface area contributed by atoms with Gasteiger partial charge in [-0.2, -0.15) is 0 Å². The van der Waals surface area contributed by atoms with Crippen LogP contribution in [0.5, 0.6) is 11.5 Å². The first-order chi connectivity index (χ1) is 11.5. The van der Waals surface area contributed by atoms with Crippen molar-refractivity contribution in [1.82, 2.24) is 10.3 Å². The summed E-state index contributed by atoms with van der Waals surface area (Å²) in [6, 6.07) is 6.06. The summed E-state index contributed by atoms with van der Waals surface area (Å²) < 4.78 is 24.5. The number of aryl methyl sites for hydroxylation is 1. The van der Waals surface area contributed by atoms with Crippen molar-refractivity contribution in [3.05, 3.63) is 53.6 Å². The lowest BCUT2D eigenvalue weighted by atomic mass is 10.1. The van der Waals surface area contributed by atoms with Gasteiger partial charge in [-0.15, -0.1) is 0 Å². The third-order valence-electron chi connectivity index (χ3n) is 3.74. The number of hydrogen-bond donors (Lipinski definition) is 1. The molecule has 1 N–H and O–H groups in total. The van der Waals surface area contributed by atoms with Gasteiger partial charge in [0.05, 0.1) is 20.3 Å². The zero-order valence-corrected chi connectivity index (χ0v) is 14.0. The molecule has 0 bridgehead atoms. The second-order valence-electron chi connectivity index (χ2n) is 5.37. The topological polar surface area (TPSA) is 60.5 Å². The molecular weight excluding hydrogens is 311 g/mol. The van der Waals surface area contributed by atoms with Gasteiger partial charge in [0, 0.05) is 30.4 Å². The second-order valence-corrected chi connectivity index (χ2v) is 5.37. The Labute approximate surface area is 140 Å². The number of nitrogens with one attached hydrogen (secondary N) is 1. The van der Waals surface area contributed by atoms with Crippen LogP contribution < -0.4 is 14.8 Å². The number of pyridine rings is 1. The van der Waals surface area contributed by atoms with E-state index in [0.717, 1.165) is 5.56 Å². The number of benzene rings is 1. The second kappa shape index (κ2) is 8.29. The van der Waals surface area contributed by atoms with Crippen molar-refractivity contribution in [3.8, 4) is 11.5 Å². The molecule has 24 heavy (non-hydrogen) atoms. The largest absolute Gasteiger partial charge is 0.493 e. The van der Waals surface area contributed by atoms with E-state index in [9.17, 15) is 9.18 Å². The van der Waals surface area contributed by atoms with Crippen LogP contribution in [-0.2, 0) is 11.2 Å². The number of nitrogens with zero attached hydrogens (tertiary/aromatic N) is 1. The van der Waals surface area contributed by atoms with Gasteiger partial charge >= 0.3 is 0 Å². The first kappa shape index (κ1) is 17.7. The number of methoxy groups -OCH3 is 2. The molecule has 0 aliphatic carbocycles. The van der Waals surface area contributed by atoms with Crippen molar-refractivity contribution < 1.29 is 18.7 Å². The van der Waals surface area contributed by atoms with E-state index in [4.69, 9.17) is 9.47 Å². The lowest BCUT2D eigenvalue weighted by Crippen LogP contribution is -2.27. The molecule has 0 fully saturated rings. The van der Waals surface area contributed by atoms with Crippen LogP contribution in [0.25, 0.3) is 0 Å². The van der Waals surface area contributed by atoms with Crippen LogP contribution in [0.4, 0.5) is 4.39 Å². The molecule has 1 atom stereocenters. The Balaban J connectivity index is 2.01. The van der Waals surface area contributed by atoms with Crippen LogP contribution in [0.2, 0.25) is 0 Å². The van der Waals surface area contributed by atoms with Crippen LogP contribution >= 0.6 is 0 Å². The Morgan fingerprint density at radius 2 is 1.83 bits per heavy atom. The normalized spacial score (nSPS) is 11.7. The number of ether oxygens (including phenoxy) is 2. The molecule has 1 aromatic heterocycles. The summed E-state index contributed by atoms with van der Waals surface area (Å²) in [6.07, 6.45) is 4.31. The van der Waals surface area contributed by atoms with Crippen LogP contribution in [-0.4, -0.2) is 25.1 Å². The smallest absolute Gasteiger partial charge is 0.220 e. The fourth-order valence-electron chi connectivity index (χ4n) is 2.40. The average molecular weight is 332 g/mol. The monoisotopic (exact) mass is 332 g/mol. The predicted molar refractivity (Wildman–Crippen MR) is 88.6 cm³/mol. The zero-order chi connectivity index (χ0) is 17.5. The van der Waals surface area contributed by atoms with E-state index in [1.54, 1.807) is 25.4 Å². The van der Waals surface area contributed by atoms with E-state index in [1.165, 1.54) is 20.3 Å². The fraction of sp³-hybridized carbons (Fsp3) is 0.333. The van der Waals surface area contributed by atoms with Crippen molar-refractivity contribution in [3.63, 3.8) is 0 Å². The van der Waals surface area contributed by atoms with Gasteiger partial charge in [0.2, 0.25) is 5.91 Å². The maximum Gasteiger partial charge on any atom is 0.220 e. The van der Waals surface area contributed by atoms with Gasteiger partial charge in [0.15, 0.2) is 11.5 Å². The molecule has 1 amide bonds. The summed E-state index contributed by atoms with van der Waals surface area (Å²) in [7, 11) is 2.93. The van der Waals surface area contributed by atoms with E-state index in [-0.39, 0.29) is 5.91 Å². The molecule has 0 spiro atoms. The molecule has 0 saturated heterocycles. The molecular formula is C18H21FN2O3. The van der Waals surface area contributed by atoms with Gasteiger partial charge in [-0.1, -0.05) is 0 Å². The molecule has 0 aliphatic heterocycles. The quantitative estimate of drug-likeness (QED) is 0.846. The number of aromatic nitrogens is 1. The minimum atomic E-state index is -0.477. The van der Waals surface area contributed by atoms with E-state index in [0.29, 0.717) is 29.9 Å². The summed E-state index contributed by atoms with van der Waals surface area (Å²) in [5.74, 6) is 0.143. The molecule has 2 rings (SSSR count). The molecule has 1 aromatic carbocycles. The van der Waals surface area contributed by atoms with Crippen LogP contribution in [0.15, 0.2) is 36.7 Å². The summed E-state index contributed by atoms with van der Waals surface area (Å²) in [4.78, 5) is 16.0. The average Bonchev–Trinajstić information content (AvgIpc) is 2.60. The highest BCUT2D eigenvalue weighted by Crippen LogP contribution is 2.32. The highest BCUT2D eigenvalue weighted by molar-refractivity contribution is 5.76. The number of halogens is 1. The van der Waals surface area contributed by atoms with Gasteiger partial charge in [-0.3, -0.25) is 9.78 Å². The third-order valence-corrected chi connectivity index (χ3v) is 3.74. The summed E-state index contributed by atoms with van der Waals surface area (Å²) in [6.45, 7) is 1.73. The molecule has 2 aromatic rings. The Hall–Kier alpha value is -2.63. The Morgan fingerprint density at radius 3 is 2.46 bits per heavy atom. The summed E-state index contributed by atoms with van der Waals surface area (Å²) in [5, 5.41) is 2.81. The fourth-order valence-corrected chi connectivity index (χ4v) is 2.40. The highest BCUT2D eigenvalue weighted by Gasteiger charge is 2.17. The van der Waals surface area contributed by atoms with Crippen LogP contribution in [0.3, 0.4) is 0 Å². The minimum Gasteiger partial charge on any atom is -0.493 e. The molecule has 0 saturated carbocycles. The van der Waals surface area contributed by atoms with Crippen LogP contribution in [0, 0.1) is 5.82 Å². The summed E-state index contributed by atoms with van der Waals surface area (Å²) >= 11 is 0. The molecule has 0 radical (unpaired) electrons. The van der Waals surface area contributed by atoms with Crippen molar-refractivity contribution >= 4 is 5.91 Å². The maximum atomic E-state index is 14.2. The van der Waals surface area contributed by atoms with E-state index < -0.39 is 11.9 Å². The van der Waals surface area contributed by atoms with Crippen molar-refractivity contribution in [2.24, 2.45) is 0 Å². The lowest BCUT2D eigenvalue weighted by molar-refractivity contribution is -0.121. The first-order valence-corrected chi connectivity index (χ1v) is 7.64. The summed E-state index contributed by atoms with van der Waals surface area (Å²) in [5.41, 5.74) is 1.38. The number of carbonyl (C=O) groups is 1. The zero-order valence-electron chi connectivity index (χ0n) is 14.0. The van der Waals surface area contributed by atoms with E-state index in [1.807, 2.05) is 12.1 Å². The Kier molecular flexibility index (Phi) is 6.12. The van der Waals surface area contributed by atoms with Gasteiger partial charge in [0.25, 0.3) is 0 Å². The third kappa shape index (κ3) is 4.44. The molecule has 1 heterocycles. The van der Waals surface area contributed by atoms with Crippen LogP contribution in [0.1, 0.15) is 30.5 Å². The molecule has 0 aliphatic rings. The molecule has 0 unspecified atom stereocenters. The standard InChI is InChI=1S/C18H21FN2O3/c1-12(14-10-16(23-2)17(24-3)11-15(14)19)21-18(22)5-4-13-6-8-20-9-7-13/h6-12H,4-5H2,1-3H3,(H,21,22)/t12-/m0/s1. The van der Waals surface area contributed by atoms with Crippen molar-refractivity contribution in [1.29, 1.82) is 0 Å². The molecule has 128 valence electrons. The minimum absolute atomic E-state index is 0.145. The Morgan fingerprint density at radius 1 is 1.21 bits per heavy atom. The maximum absolute atomic E-state index is 14.2. The van der Waals surface area contributed by atoms with E-state index >= 15 is 0 Å². The lowest BCUT2D eigenvalue weighted by Gasteiger charge is -2.17. The van der Waals surface area contributed by atoms with Gasteiger partial charge in [-0.05, 0) is 37.1 Å². The Bertz CT molecular complexity index is 692. The number of hydrogen-bond acceptors (Lipinski definition) is 4.